The maximum atomic E-state index is 12.5. The second kappa shape index (κ2) is 11.2. The average Bonchev–Trinajstić information content (AvgIpc) is 3.26. The SMILES string of the molecule is CCOC(=O)Oc1ccc(C(=O)Nc2cccc(CNC(=O)CC3CCCC3)c2)cc1. The van der Waals surface area contributed by atoms with E-state index in [-0.39, 0.29) is 18.4 Å². The normalized spacial score (nSPS) is 13.5. The molecule has 7 heteroatoms. The van der Waals surface area contributed by atoms with E-state index in [9.17, 15) is 14.4 Å². The van der Waals surface area contributed by atoms with Crippen molar-refractivity contribution in [1.29, 1.82) is 0 Å². The van der Waals surface area contributed by atoms with E-state index < -0.39 is 6.16 Å². The molecular formula is C24H28N2O5. The minimum absolute atomic E-state index is 0.0754. The fourth-order valence-electron chi connectivity index (χ4n) is 3.63. The molecule has 0 bridgehead atoms. The fourth-order valence-corrected chi connectivity index (χ4v) is 3.63. The third-order valence-electron chi connectivity index (χ3n) is 5.20. The molecule has 1 aliphatic rings. The number of ether oxygens (including phenoxy) is 2. The Bertz CT molecular complexity index is 904. The minimum Gasteiger partial charge on any atom is -0.434 e. The van der Waals surface area contributed by atoms with Crippen LogP contribution in [0.2, 0.25) is 0 Å². The predicted molar refractivity (Wildman–Crippen MR) is 117 cm³/mol. The molecule has 2 aromatic rings. The summed E-state index contributed by atoms with van der Waals surface area (Å²) in [5.41, 5.74) is 1.97. The Morgan fingerprint density at radius 1 is 1.03 bits per heavy atom. The van der Waals surface area contributed by atoms with Crippen molar-refractivity contribution in [1.82, 2.24) is 5.32 Å². The highest BCUT2D eigenvalue weighted by Gasteiger charge is 2.18. The van der Waals surface area contributed by atoms with Crippen LogP contribution in [-0.2, 0) is 16.1 Å². The van der Waals surface area contributed by atoms with Gasteiger partial charge in [-0.05, 0) is 67.6 Å². The van der Waals surface area contributed by atoms with Gasteiger partial charge in [0, 0.05) is 24.2 Å². The van der Waals surface area contributed by atoms with Crippen molar-refractivity contribution in [2.24, 2.45) is 5.92 Å². The van der Waals surface area contributed by atoms with Gasteiger partial charge in [0.25, 0.3) is 5.91 Å². The Balaban J connectivity index is 1.50. The van der Waals surface area contributed by atoms with E-state index in [1.54, 1.807) is 25.1 Å². The summed E-state index contributed by atoms with van der Waals surface area (Å²) < 4.78 is 9.70. The van der Waals surface area contributed by atoms with E-state index in [0.717, 1.165) is 18.4 Å². The van der Waals surface area contributed by atoms with Crippen molar-refractivity contribution >= 4 is 23.7 Å². The number of hydrogen-bond acceptors (Lipinski definition) is 5. The van der Waals surface area contributed by atoms with Gasteiger partial charge in [0.15, 0.2) is 0 Å². The summed E-state index contributed by atoms with van der Waals surface area (Å²) in [6.45, 7) is 2.34. The van der Waals surface area contributed by atoms with Gasteiger partial charge in [-0.25, -0.2) is 4.79 Å². The smallest absolute Gasteiger partial charge is 0.434 e. The first-order valence-electron chi connectivity index (χ1n) is 10.6. The summed E-state index contributed by atoms with van der Waals surface area (Å²) >= 11 is 0. The van der Waals surface area contributed by atoms with Crippen molar-refractivity contribution in [3.63, 3.8) is 0 Å². The molecule has 0 aliphatic heterocycles. The molecule has 2 aromatic carbocycles. The van der Waals surface area contributed by atoms with Crippen LogP contribution < -0.4 is 15.4 Å². The molecule has 0 unspecified atom stereocenters. The Kier molecular flexibility index (Phi) is 8.04. The van der Waals surface area contributed by atoms with Crippen LogP contribution in [0.3, 0.4) is 0 Å². The van der Waals surface area contributed by atoms with Gasteiger partial charge >= 0.3 is 6.16 Å². The molecule has 164 valence electrons. The maximum Gasteiger partial charge on any atom is 0.513 e. The number of benzene rings is 2. The third-order valence-corrected chi connectivity index (χ3v) is 5.20. The van der Waals surface area contributed by atoms with Crippen LogP contribution in [-0.4, -0.2) is 24.6 Å². The quantitative estimate of drug-likeness (QED) is 0.474. The maximum absolute atomic E-state index is 12.5. The summed E-state index contributed by atoms with van der Waals surface area (Å²) in [6.07, 6.45) is 4.54. The predicted octanol–water partition coefficient (Wildman–Crippen LogP) is 4.67. The topological polar surface area (TPSA) is 93.7 Å². The molecule has 0 radical (unpaired) electrons. The minimum atomic E-state index is -0.785. The van der Waals surface area contributed by atoms with E-state index in [1.807, 2.05) is 18.2 Å². The van der Waals surface area contributed by atoms with Gasteiger partial charge in [0.05, 0.1) is 6.61 Å². The Labute approximate surface area is 182 Å². The number of amides is 2. The van der Waals surface area contributed by atoms with Crippen molar-refractivity contribution in [3.05, 3.63) is 59.7 Å². The molecule has 0 spiro atoms. The lowest BCUT2D eigenvalue weighted by molar-refractivity contribution is -0.122. The van der Waals surface area contributed by atoms with Crippen molar-refractivity contribution in [2.75, 3.05) is 11.9 Å². The molecular weight excluding hydrogens is 396 g/mol. The van der Waals surface area contributed by atoms with Gasteiger partial charge in [0.1, 0.15) is 5.75 Å². The molecule has 0 heterocycles. The van der Waals surface area contributed by atoms with Crippen molar-refractivity contribution in [2.45, 2.75) is 45.6 Å². The molecule has 1 aliphatic carbocycles. The highest BCUT2D eigenvalue weighted by atomic mass is 16.7. The lowest BCUT2D eigenvalue weighted by Crippen LogP contribution is -2.24. The number of carbonyl (C=O) groups is 3. The van der Waals surface area contributed by atoms with Gasteiger partial charge in [-0.3, -0.25) is 9.59 Å². The van der Waals surface area contributed by atoms with Crippen LogP contribution in [0.4, 0.5) is 10.5 Å². The molecule has 7 nitrogen and oxygen atoms in total. The summed E-state index contributed by atoms with van der Waals surface area (Å²) in [6, 6.07) is 13.6. The second-order valence-electron chi connectivity index (χ2n) is 7.60. The summed E-state index contributed by atoms with van der Waals surface area (Å²) in [7, 11) is 0. The highest BCUT2D eigenvalue weighted by Crippen LogP contribution is 2.27. The number of nitrogens with one attached hydrogen (secondary N) is 2. The first kappa shape index (κ1) is 22.3. The second-order valence-corrected chi connectivity index (χ2v) is 7.60. The number of hydrogen-bond donors (Lipinski definition) is 2. The molecule has 2 amide bonds. The van der Waals surface area contributed by atoms with Gasteiger partial charge in [-0.2, -0.15) is 0 Å². The first-order chi connectivity index (χ1) is 15.0. The zero-order chi connectivity index (χ0) is 22.1. The number of carbonyl (C=O) groups excluding carboxylic acids is 3. The number of rotatable bonds is 8. The first-order valence-corrected chi connectivity index (χ1v) is 10.6. The van der Waals surface area contributed by atoms with Crippen LogP contribution in [0.15, 0.2) is 48.5 Å². The molecule has 1 saturated carbocycles. The summed E-state index contributed by atoms with van der Waals surface area (Å²) in [5.74, 6) is 0.599. The molecule has 0 saturated heterocycles. The molecule has 0 aromatic heterocycles. The molecule has 0 atom stereocenters. The Morgan fingerprint density at radius 2 is 1.77 bits per heavy atom. The third kappa shape index (κ3) is 7.13. The Hall–Kier alpha value is -3.35. The van der Waals surface area contributed by atoms with E-state index in [0.29, 0.717) is 35.9 Å². The monoisotopic (exact) mass is 424 g/mol. The van der Waals surface area contributed by atoms with E-state index in [1.165, 1.54) is 25.0 Å². The average molecular weight is 424 g/mol. The van der Waals surface area contributed by atoms with Gasteiger partial charge in [-0.1, -0.05) is 25.0 Å². The summed E-state index contributed by atoms with van der Waals surface area (Å²) in [4.78, 5) is 36.0. The van der Waals surface area contributed by atoms with Crippen molar-refractivity contribution in [3.8, 4) is 5.75 Å². The molecule has 3 rings (SSSR count). The van der Waals surface area contributed by atoms with Gasteiger partial charge < -0.3 is 20.1 Å². The van der Waals surface area contributed by atoms with E-state index in [4.69, 9.17) is 9.47 Å². The standard InChI is InChI=1S/C24H28N2O5/c1-2-30-24(29)31-21-12-10-19(11-13-21)23(28)26-20-9-5-8-18(14-20)16-25-22(27)15-17-6-3-4-7-17/h5,8-14,17H,2-4,6-7,15-16H2,1H3,(H,25,27)(H,26,28). The van der Waals surface area contributed by atoms with Gasteiger partial charge in [0.2, 0.25) is 5.91 Å². The lowest BCUT2D eigenvalue weighted by atomic mass is 10.0. The highest BCUT2D eigenvalue weighted by molar-refractivity contribution is 6.04. The zero-order valence-corrected chi connectivity index (χ0v) is 17.7. The van der Waals surface area contributed by atoms with Crippen molar-refractivity contribution < 1.29 is 23.9 Å². The van der Waals surface area contributed by atoms with Crippen LogP contribution in [0.5, 0.6) is 5.75 Å². The van der Waals surface area contributed by atoms with Crippen LogP contribution in [0.25, 0.3) is 0 Å². The molecule has 2 N–H and O–H groups in total. The van der Waals surface area contributed by atoms with Crippen LogP contribution >= 0.6 is 0 Å². The van der Waals surface area contributed by atoms with Gasteiger partial charge in [-0.15, -0.1) is 0 Å². The summed E-state index contributed by atoms with van der Waals surface area (Å²) in [5, 5.41) is 5.81. The lowest BCUT2D eigenvalue weighted by Gasteiger charge is -2.11. The fraction of sp³-hybridized carbons (Fsp3) is 0.375. The Morgan fingerprint density at radius 3 is 2.48 bits per heavy atom. The van der Waals surface area contributed by atoms with E-state index >= 15 is 0 Å². The molecule has 31 heavy (non-hydrogen) atoms. The molecule has 1 fully saturated rings. The van der Waals surface area contributed by atoms with E-state index in [2.05, 4.69) is 10.6 Å². The van der Waals surface area contributed by atoms with Crippen LogP contribution in [0, 0.1) is 5.92 Å². The van der Waals surface area contributed by atoms with Crippen LogP contribution in [0.1, 0.15) is 54.9 Å². The largest absolute Gasteiger partial charge is 0.513 e. The zero-order valence-electron chi connectivity index (χ0n) is 17.7. The number of anilines is 1.